The maximum Gasteiger partial charge on any atom is 0.225 e. The number of benzene rings is 2. The van der Waals surface area contributed by atoms with Crippen molar-refractivity contribution in [1.29, 1.82) is 0 Å². The van der Waals surface area contributed by atoms with Crippen molar-refractivity contribution in [3.8, 4) is 0 Å². The Labute approximate surface area is 148 Å². The molecule has 0 fully saturated rings. The van der Waals surface area contributed by atoms with E-state index in [1.807, 2.05) is 29.8 Å². The van der Waals surface area contributed by atoms with Crippen LogP contribution < -0.4 is 5.32 Å². The molecule has 1 N–H and O–H groups in total. The first-order chi connectivity index (χ1) is 11.5. The quantitative estimate of drug-likeness (QED) is 0.679. The summed E-state index contributed by atoms with van der Waals surface area (Å²) in [6.07, 6.45) is 0.267. The lowest BCUT2D eigenvalue weighted by Gasteiger charge is -2.06. The Kier molecular flexibility index (Phi) is 5.06. The number of amides is 1. The maximum atomic E-state index is 13.5. The number of fused-ring (bicyclic) bond motifs is 1. The summed E-state index contributed by atoms with van der Waals surface area (Å²) in [5.41, 5.74) is 2.01. The van der Waals surface area contributed by atoms with E-state index in [4.69, 9.17) is 11.6 Å². The van der Waals surface area contributed by atoms with Gasteiger partial charge in [-0.05, 0) is 30.3 Å². The highest BCUT2D eigenvalue weighted by atomic mass is 35.5. The van der Waals surface area contributed by atoms with Crippen molar-refractivity contribution in [2.45, 2.75) is 11.6 Å². The smallest absolute Gasteiger partial charge is 0.225 e. The standard InChI is InChI=1S/C17H15ClFN3OS/c1-22-15-7-6-11(18)10-14(15)21-17(22)24-9-8-16(23)20-13-5-3-2-4-12(13)19/h2-7,10H,8-9H2,1H3,(H,20,23). The number of aromatic nitrogens is 2. The normalized spacial score (nSPS) is 11.0. The van der Waals surface area contributed by atoms with Gasteiger partial charge in [-0.3, -0.25) is 4.79 Å². The van der Waals surface area contributed by atoms with Crippen molar-refractivity contribution < 1.29 is 9.18 Å². The van der Waals surface area contributed by atoms with Crippen LogP contribution in [0.4, 0.5) is 10.1 Å². The summed E-state index contributed by atoms with van der Waals surface area (Å²) in [7, 11) is 1.92. The fourth-order valence-corrected chi connectivity index (χ4v) is 3.38. The molecule has 7 heteroatoms. The SMILES string of the molecule is Cn1c(SCCC(=O)Nc2ccccc2F)nc2cc(Cl)ccc21. The van der Waals surface area contributed by atoms with Gasteiger partial charge in [0.15, 0.2) is 5.16 Å². The van der Waals surface area contributed by atoms with Crippen LogP contribution in [0.15, 0.2) is 47.6 Å². The lowest BCUT2D eigenvalue weighted by Crippen LogP contribution is -2.13. The molecule has 0 aliphatic carbocycles. The number of hydrogen-bond acceptors (Lipinski definition) is 3. The molecule has 0 atom stereocenters. The van der Waals surface area contributed by atoms with Gasteiger partial charge in [-0.1, -0.05) is 35.5 Å². The van der Waals surface area contributed by atoms with Gasteiger partial charge in [-0.2, -0.15) is 0 Å². The van der Waals surface area contributed by atoms with Gasteiger partial charge in [0.1, 0.15) is 5.82 Å². The number of halogens is 2. The van der Waals surface area contributed by atoms with E-state index in [1.165, 1.54) is 23.9 Å². The number of rotatable bonds is 5. The molecule has 24 heavy (non-hydrogen) atoms. The van der Waals surface area contributed by atoms with Gasteiger partial charge in [0, 0.05) is 24.2 Å². The van der Waals surface area contributed by atoms with E-state index in [2.05, 4.69) is 10.3 Å². The van der Waals surface area contributed by atoms with Crippen molar-refractivity contribution >= 4 is 46.0 Å². The molecule has 0 bridgehead atoms. The van der Waals surface area contributed by atoms with Gasteiger partial charge in [0.2, 0.25) is 5.91 Å². The Hall–Kier alpha value is -2.05. The summed E-state index contributed by atoms with van der Waals surface area (Å²) >= 11 is 7.45. The zero-order valence-corrected chi connectivity index (χ0v) is 14.5. The minimum Gasteiger partial charge on any atom is -0.324 e. The lowest BCUT2D eigenvalue weighted by atomic mass is 10.3. The Morgan fingerprint density at radius 3 is 2.92 bits per heavy atom. The summed E-state index contributed by atoms with van der Waals surface area (Å²) in [6.45, 7) is 0. The van der Waals surface area contributed by atoms with E-state index in [0.29, 0.717) is 10.8 Å². The predicted molar refractivity (Wildman–Crippen MR) is 96.1 cm³/mol. The van der Waals surface area contributed by atoms with E-state index in [9.17, 15) is 9.18 Å². The molecule has 0 radical (unpaired) electrons. The first kappa shape index (κ1) is 16.8. The highest BCUT2D eigenvalue weighted by molar-refractivity contribution is 7.99. The van der Waals surface area contributed by atoms with E-state index >= 15 is 0 Å². The van der Waals surface area contributed by atoms with Crippen molar-refractivity contribution in [2.75, 3.05) is 11.1 Å². The fraction of sp³-hybridized carbons (Fsp3) is 0.176. The van der Waals surface area contributed by atoms with Gasteiger partial charge in [0.05, 0.1) is 16.7 Å². The molecule has 3 aromatic rings. The third-order valence-corrected chi connectivity index (χ3v) is 4.78. The second-order valence-electron chi connectivity index (χ2n) is 5.21. The molecular weight excluding hydrogens is 349 g/mol. The molecule has 0 saturated heterocycles. The first-order valence-corrected chi connectivity index (χ1v) is 8.70. The summed E-state index contributed by atoms with van der Waals surface area (Å²) < 4.78 is 15.5. The Bertz CT molecular complexity index is 897. The number of nitrogens with zero attached hydrogens (tertiary/aromatic N) is 2. The number of carbonyl (C=O) groups excluding carboxylic acids is 1. The zero-order valence-electron chi connectivity index (χ0n) is 12.9. The van der Waals surface area contributed by atoms with Crippen molar-refractivity contribution in [1.82, 2.24) is 9.55 Å². The number of anilines is 1. The molecule has 0 aliphatic heterocycles. The summed E-state index contributed by atoms with van der Waals surface area (Å²) in [4.78, 5) is 16.4. The second-order valence-corrected chi connectivity index (χ2v) is 6.71. The Morgan fingerprint density at radius 2 is 2.12 bits per heavy atom. The van der Waals surface area contributed by atoms with Gasteiger partial charge in [0.25, 0.3) is 0 Å². The van der Waals surface area contributed by atoms with Crippen LogP contribution in [-0.4, -0.2) is 21.2 Å². The predicted octanol–water partition coefficient (Wildman–Crippen LogP) is 4.49. The average Bonchev–Trinajstić information content (AvgIpc) is 2.85. The van der Waals surface area contributed by atoms with Crippen LogP contribution in [-0.2, 0) is 11.8 Å². The largest absolute Gasteiger partial charge is 0.324 e. The monoisotopic (exact) mass is 363 g/mol. The molecule has 0 saturated carbocycles. The number of thioether (sulfide) groups is 1. The Balaban J connectivity index is 1.59. The summed E-state index contributed by atoms with van der Waals surface area (Å²) in [5.74, 6) is -0.120. The molecule has 0 spiro atoms. The molecule has 0 unspecified atom stereocenters. The minimum absolute atomic E-state index is 0.199. The molecule has 124 valence electrons. The molecule has 1 amide bonds. The molecule has 1 heterocycles. The van der Waals surface area contributed by atoms with Crippen molar-refractivity contribution in [2.24, 2.45) is 7.05 Å². The van der Waals surface area contributed by atoms with Crippen molar-refractivity contribution in [3.05, 3.63) is 53.3 Å². The number of carbonyl (C=O) groups is 1. The highest BCUT2D eigenvalue weighted by Crippen LogP contribution is 2.25. The molecule has 3 rings (SSSR count). The van der Waals surface area contributed by atoms with E-state index in [-0.39, 0.29) is 18.0 Å². The van der Waals surface area contributed by atoms with Crippen LogP contribution in [0.1, 0.15) is 6.42 Å². The molecule has 1 aromatic heterocycles. The maximum absolute atomic E-state index is 13.5. The third kappa shape index (κ3) is 3.71. The molecule has 0 aliphatic rings. The van der Waals surface area contributed by atoms with Crippen LogP contribution in [0, 0.1) is 5.82 Å². The number of para-hydroxylation sites is 1. The third-order valence-electron chi connectivity index (χ3n) is 3.51. The number of aryl methyl sites for hydroxylation is 1. The fourth-order valence-electron chi connectivity index (χ4n) is 2.29. The number of hydrogen-bond donors (Lipinski definition) is 1. The lowest BCUT2D eigenvalue weighted by molar-refractivity contribution is -0.115. The highest BCUT2D eigenvalue weighted by Gasteiger charge is 2.11. The summed E-state index contributed by atoms with van der Waals surface area (Å²) in [6, 6.07) is 11.7. The van der Waals surface area contributed by atoms with Gasteiger partial charge in [-0.25, -0.2) is 9.37 Å². The van der Waals surface area contributed by atoms with Crippen LogP contribution in [0.5, 0.6) is 0 Å². The van der Waals surface area contributed by atoms with E-state index in [0.717, 1.165) is 16.2 Å². The van der Waals surface area contributed by atoms with Crippen LogP contribution in [0.3, 0.4) is 0 Å². The van der Waals surface area contributed by atoms with Crippen LogP contribution in [0.25, 0.3) is 11.0 Å². The Morgan fingerprint density at radius 1 is 1.33 bits per heavy atom. The first-order valence-electron chi connectivity index (χ1n) is 7.34. The average molecular weight is 364 g/mol. The van der Waals surface area contributed by atoms with Crippen LogP contribution >= 0.6 is 23.4 Å². The molecule has 4 nitrogen and oxygen atoms in total. The van der Waals surface area contributed by atoms with Gasteiger partial charge in [-0.15, -0.1) is 0 Å². The van der Waals surface area contributed by atoms with Gasteiger partial charge >= 0.3 is 0 Å². The van der Waals surface area contributed by atoms with E-state index in [1.54, 1.807) is 12.1 Å². The number of imidazole rings is 1. The van der Waals surface area contributed by atoms with Crippen LogP contribution in [0.2, 0.25) is 5.02 Å². The topological polar surface area (TPSA) is 46.9 Å². The van der Waals surface area contributed by atoms with Crippen molar-refractivity contribution in [3.63, 3.8) is 0 Å². The van der Waals surface area contributed by atoms with E-state index < -0.39 is 5.82 Å². The zero-order chi connectivity index (χ0) is 17.1. The van der Waals surface area contributed by atoms with Gasteiger partial charge < -0.3 is 9.88 Å². The second kappa shape index (κ2) is 7.23. The molecular formula is C17H15ClFN3OS. The minimum atomic E-state index is -0.439. The summed E-state index contributed by atoms with van der Waals surface area (Å²) in [5, 5.41) is 4.02. The molecule has 2 aromatic carbocycles. The number of nitrogens with one attached hydrogen (secondary N) is 1.